The number of nitrogens with one attached hydrogen (secondary N) is 2. The molecule has 0 unspecified atom stereocenters. The molecule has 2 rings (SSSR count). The summed E-state index contributed by atoms with van der Waals surface area (Å²) in [5.74, 6) is 0.686. The molecule has 1 aromatic rings. The van der Waals surface area contributed by atoms with Gasteiger partial charge in [0.05, 0.1) is 13.2 Å². The van der Waals surface area contributed by atoms with Crippen molar-refractivity contribution in [2.75, 3.05) is 36.9 Å². The highest BCUT2D eigenvalue weighted by Crippen LogP contribution is 2.23. The molecular weight excluding hydrogens is 306 g/mol. The van der Waals surface area contributed by atoms with Crippen LogP contribution in [-0.4, -0.2) is 43.1 Å². The molecule has 1 saturated heterocycles. The fourth-order valence-electron chi connectivity index (χ4n) is 2.94. The number of ether oxygens (including phenoxy) is 1. The third-order valence-corrected chi connectivity index (χ3v) is 4.29. The molecule has 1 fully saturated rings. The highest BCUT2D eigenvalue weighted by atomic mass is 16.5. The molecule has 0 aromatic heterocycles. The van der Waals surface area contributed by atoms with Crippen molar-refractivity contribution in [2.24, 2.45) is 5.92 Å². The normalized spacial score (nSPS) is 17.3. The standard InChI is InChI=1S/C18H27N3O3/c1-4-24-18(23)20-16-9-5-8-15(14(16)3)19-11-17(22)21-10-6-7-13(2)12-21/h5,8-9,13,19H,4,6-7,10-12H2,1-3H3,(H,20,23)/t13-/m0/s1. The number of carbonyl (C=O) groups is 2. The van der Waals surface area contributed by atoms with E-state index in [1.165, 1.54) is 6.42 Å². The Balaban J connectivity index is 1.94. The lowest BCUT2D eigenvalue weighted by Gasteiger charge is -2.31. The van der Waals surface area contributed by atoms with Gasteiger partial charge in [0, 0.05) is 24.5 Å². The summed E-state index contributed by atoms with van der Waals surface area (Å²) in [6.07, 6.45) is 1.79. The van der Waals surface area contributed by atoms with Crippen molar-refractivity contribution in [1.82, 2.24) is 4.90 Å². The molecule has 2 N–H and O–H groups in total. The van der Waals surface area contributed by atoms with Crippen LogP contribution in [0.4, 0.5) is 16.2 Å². The van der Waals surface area contributed by atoms with E-state index in [4.69, 9.17) is 4.74 Å². The Labute approximate surface area is 143 Å². The Morgan fingerprint density at radius 1 is 1.33 bits per heavy atom. The van der Waals surface area contributed by atoms with E-state index in [2.05, 4.69) is 17.6 Å². The maximum Gasteiger partial charge on any atom is 0.411 e. The first-order chi connectivity index (χ1) is 11.5. The Kier molecular flexibility index (Phi) is 6.46. The summed E-state index contributed by atoms with van der Waals surface area (Å²) in [6, 6.07) is 5.55. The average Bonchev–Trinajstić information content (AvgIpc) is 2.55. The van der Waals surface area contributed by atoms with E-state index in [1.54, 1.807) is 6.92 Å². The van der Waals surface area contributed by atoms with E-state index in [0.29, 0.717) is 18.2 Å². The Morgan fingerprint density at radius 2 is 2.08 bits per heavy atom. The number of hydrogen-bond donors (Lipinski definition) is 2. The van der Waals surface area contributed by atoms with E-state index in [1.807, 2.05) is 30.0 Å². The number of benzene rings is 1. The van der Waals surface area contributed by atoms with Gasteiger partial charge in [-0.15, -0.1) is 0 Å². The maximum absolute atomic E-state index is 12.3. The lowest BCUT2D eigenvalue weighted by Crippen LogP contribution is -2.42. The van der Waals surface area contributed by atoms with Gasteiger partial charge in [0.15, 0.2) is 0 Å². The minimum absolute atomic E-state index is 0.115. The molecule has 132 valence electrons. The van der Waals surface area contributed by atoms with Crippen LogP contribution < -0.4 is 10.6 Å². The molecular formula is C18H27N3O3. The quantitative estimate of drug-likeness (QED) is 0.868. The number of anilines is 2. The Morgan fingerprint density at radius 3 is 2.79 bits per heavy atom. The molecule has 0 saturated carbocycles. The minimum Gasteiger partial charge on any atom is -0.450 e. The van der Waals surface area contributed by atoms with Crippen LogP contribution >= 0.6 is 0 Å². The van der Waals surface area contributed by atoms with Crippen molar-refractivity contribution < 1.29 is 14.3 Å². The van der Waals surface area contributed by atoms with E-state index in [-0.39, 0.29) is 12.5 Å². The number of carbonyl (C=O) groups excluding carboxylic acids is 2. The fraction of sp³-hybridized carbons (Fsp3) is 0.556. The first kappa shape index (κ1) is 18.1. The van der Waals surface area contributed by atoms with Gasteiger partial charge in [0.25, 0.3) is 0 Å². The molecule has 0 spiro atoms. The van der Waals surface area contributed by atoms with Crippen molar-refractivity contribution in [3.05, 3.63) is 23.8 Å². The Bertz CT molecular complexity index is 589. The van der Waals surface area contributed by atoms with Gasteiger partial charge in [-0.2, -0.15) is 0 Å². The molecule has 1 aromatic carbocycles. The molecule has 1 aliphatic heterocycles. The maximum atomic E-state index is 12.3. The predicted octanol–water partition coefficient (Wildman–Crippen LogP) is 3.23. The Hall–Kier alpha value is -2.24. The van der Waals surface area contributed by atoms with Gasteiger partial charge in [0.2, 0.25) is 5.91 Å². The van der Waals surface area contributed by atoms with Crippen LogP contribution in [0.15, 0.2) is 18.2 Å². The summed E-state index contributed by atoms with van der Waals surface area (Å²) < 4.78 is 4.90. The van der Waals surface area contributed by atoms with E-state index >= 15 is 0 Å². The van der Waals surface area contributed by atoms with Crippen molar-refractivity contribution in [1.29, 1.82) is 0 Å². The van der Waals surface area contributed by atoms with Crippen LogP contribution in [0.3, 0.4) is 0 Å². The summed E-state index contributed by atoms with van der Waals surface area (Å²) in [7, 11) is 0. The number of nitrogens with zero attached hydrogens (tertiary/aromatic N) is 1. The van der Waals surface area contributed by atoms with Crippen molar-refractivity contribution in [3.8, 4) is 0 Å². The number of hydrogen-bond acceptors (Lipinski definition) is 4. The smallest absolute Gasteiger partial charge is 0.411 e. The lowest BCUT2D eigenvalue weighted by atomic mass is 10.0. The second-order valence-corrected chi connectivity index (χ2v) is 6.26. The van der Waals surface area contributed by atoms with Gasteiger partial charge in [0.1, 0.15) is 0 Å². The van der Waals surface area contributed by atoms with Crippen LogP contribution in [0.25, 0.3) is 0 Å². The van der Waals surface area contributed by atoms with Crippen LogP contribution in [0.1, 0.15) is 32.3 Å². The predicted molar refractivity (Wildman–Crippen MR) is 95.3 cm³/mol. The number of rotatable bonds is 5. The van der Waals surface area contributed by atoms with Gasteiger partial charge in [-0.05, 0) is 50.3 Å². The molecule has 1 heterocycles. The van der Waals surface area contributed by atoms with Crippen molar-refractivity contribution >= 4 is 23.4 Å². The van der Waals surface area contributed by atoms with Gasteiger partial charge in [-0.25, -0.2) is 4.79 Å². The van der Waals surface area contributed by atoms with E-state index in [0.717, 1.165) is 30.8 Å². The first-order valence-corrected chi connectivity index (χ1v) is 8.56. The molecule has 0 radical (unpaired) electrons. The summed E-state index contributed by atoms with van der Waals surface area (Å²) in [5, 5.41) is 5.90. The SMILES string of the molecule is CCOC(=O)Nc1cccc(NCC(=O)N2CCC[C@H](C)C2)c1C. The zero-order valence-corrected chi connectivity index (χ0v) is 14.7. The second kappa shape index (κ2) is 8.57. The molecule has 1 atom stereocenters. The zero-order valence-electron chi connectivity index (χ0n) is 14.7. The van der Waals surface area contributed by atoms with Crippen LogP contribution in [-0.2, 0) is 9.53 Å². The summed E-state index contributed by atoms with van der Waals surface area (Å²) in [5.41, 5.74) is 2.39. The molecule has 0 bridgehead atoms. The summed E-state index contributed by atoms with van der Waals surface area (Å²) >= 11 is 0. The van der Waals surface area contributed by atoms with Crippen molar-refractivity contribution in [2.45, 2.75) is 33.6 Å². The second-order valence-electron chi connectivity index (χ2n) is 6.26. The molecule has 6 nitrogen and oxygen atoms in total. The largest absolute Gasteiger partial charge is 0.450 e. The zero-order chi connectivity index (χ0) is 17.5. The molecule has 6 heteroatoms. The highest BCUT2D eigenvalue weighted by Gasteiger charge is 2.20. The molecule has 2 amide bonds. The lowest BCUT2D eigenvalue weighted by molar-refractivity contribution is -0.130. The number of piperidine rings is 1. The minimum atomic E-state index is -0.476. The van der Waals surface area contributed by atoms with Crippen LogP contribution in [0.5, 0.6) is 0 Å². The van der Waals surface area contributed by atoms with E-state index in [9.17, 15) is 9.59 Å². The third kappa shape index (κ3) is 4.88. The van der Waals surface area contributed by atoms with Crippen molar-refractivity contribution in [3.63, 3.8) is 0 Å². The third-order valence-electron chi connectivity index (χ3n) is 4.29. The van der Waals surface area contributed by atoms with Crippen LogP contribution in [0, 0.1) is 12.8 Å². The van der Waals surface area contributed by atoms with E-state index < -0.39 is 6.09 Å². The monoisotopic (exact) mass is 333 g/mol. The van der Waals surface area contributed by atoms with Gasteiger partial charge in [-0.3, -0.25) is 10.1 Å². The first-order valence-electron chi connectivity index (χ1n) is 8.56. The number of likely N-dealkylation sites (tertiary alicyclic amines) is 1. The summed E-state index contributed by atoms with van der Waals surface area (Å²) in [4.78, 5) is 25.8. The fourth-order valence-corrected chi connectivity index (χ4v) is 2.94. The van der Waals surface area contributed by atoms with Gasteiger partial charge in [-0.1, -0.05) is 13.0 Å². The number of amides is 2. The van der Waals surface area contributed by atoms with Gasteiger partial charge >= 0.3 is 6.09 Å². The topological polar surface area (TPSA) is 70.7 Å². The van der Waals surface area contributed by atoms with Crippen LogP contribution in [0.2, 0.25) is 0 Å². The summed E-state index contributed by atoms with van der Waals surface area (Å²) in [6.45, 7) is 8.11. The molecule has 24 heavy (non-hydrogen) atoms. The highest BCUT2D eigenvalue weighted by molar-refractivity contribution is 5.87. The average molecular weight is 333 g/mol. The molecule has 1 aliphatic rings. The molecule has 0 aliphatic carbocycles. The van der Waals surface area contributed by atoms with Gasteiger partial charge < -0.3 is 15.0 Å².